The van der Waals surface area contributed by atoms with Gasteiger partial charge >= 0.3 is 5.97 Å². The first-order valence-electron chi connectivity index (χ1n) is 13.2. The highest BCUT2D eigenvalue weighted by Crippen LogP contribution is 2.43. The predicted octanol–water partition coefficient (Wildman–Crippen LogP) is 5.30. The summed E-state index contributed by atoms with van der Waals surface area (Å²) >= 11 is 0. The van der Waals surface area contributed by atoms with Crippen molar-refractivity contribution >= 4 is 22.6 Å². The Balaban J connectivity index is 3.58. The summed E-state index contributed by atoms with van der Waals surface area (Å²) < 4.78 is 48.3. The standard InChI is InChI=1S/C26H54O9Si2/c1-15-30-23(27)21(34-36(11,12)25(3,4)5)20-18(2)19(31-16-28-9)22(32-17-29-10)24(33-20)35-37(13,14)26(6,7)8/h18-22,24H,15-17H2,1-14H3/t18-,19+,20-,21+,22-,24-/m1/s1. The van der Waals surface area contributed by atoms with Crippen molar-refractivity contribution in [1.82, 2.24) is 0 Å². The Bertz CT molecular complexity index is 703. The first-order chi connectivity index (χ1) is 16.8. The summed E-state index contributed by atoms with van der Waals surface area (Å²) in [5.74, 6) is -0.757. The van der Waals surface area contributed by atoms with Crippen LogP contribution in [0.1, 0.15) is 55.4 Å². The molecular formula is C26H54O9Si2. The summed E-state index contributed by atoms with van der Waals surface area (Å²) in [6, 6.07) is 0. The van der Waals surface area contributed by atoms with Crippen LogP contribution in [-0.4, -0.2) is 87.7 Å². The minimum atomic E-state index is -2.39. The van der Waals surface area contributed by atoms with E-state index in [1.54, 1.807) is 21.1 Å². The van der Waals surface area contributed by atoms with Gasteiger partial charge in [-0.05, 0) is 43.2 Å². The molecular weight excluding hydrogens is 512 g/mol. The number of methoxy groups -OCH3 is 2. The third-order valence-corrected chi connectivity index (χ3v) is 16.8. The molecule has 37 heavy (non-hydrogen) atoms. The highest BCUT2D eigenvalue weighted by molar-refractivity contribution is 6.74. The summed E-state index contributed by atoms with van der Waals surface area (Å²) in [6.07, 6.45) is -3.56. The molecule has 0 spiro atoms. The van der Waals surface area contributed by atoms with Gasteiger partial charge in [0.2, 0.25) is 0 Å². The minimum Gasteiger partial charge on any atom is -0.464 e. The molecule has 11 heteroatoms. The molecule has 220 valence electrons. The molecule has 0 saturated carbocycles. The van der Waals surface area contributed by atoms with Crippen LogP contribution in [0.2, 0.25) is 36.3 Å². The van der Waals surface area contributed by atoms with Crippen molar-refractivity contribution in [3.05, 3.63) is 0 Å². The largest absolute Gasteiger partial charge is 0.464 e. The maximum Gasteiger partial charge on any atom is 0.336 e. The van der Waals surface area contributed by atoms with Gasteiger partial charge in [0.15, 0.2) is 29.0 Å². The van der Waals surface area contributed by atoms with Crippen LogP contribution in [0, 0.1) is 5.92 Å². The van der Waals surface area contributed by atoms with Crippen molar-refractivity contribution in [3.63, 3.8) is 0 Å². The second kappa shape index (κ2) is 13.8. The summed E-state index contributed by atoms with van der Waals surface area (Å²) in [5, 5.41) is -0.204. The van der Waals surface area contributed by atoms with E-state index in [2.05, 4.69) is 67.7 Å². The maximum absolute atomic E-state index is 13.4. The van der Waals surface area contributed by atoms with E-state index in [0.29, 0.717) is 0 Å². The first kappa shape index (κ1) is 34.7. The van der Waals surface area contributed by atoms with Crippen molar-refractivity contribution in [2.24, 2.45) is 5.92 Å². The molecule has 0 unspecified atom stereocenters. The van der Waals surface area contributed by atoms with E-state index in [0.717, 1.165) is 0 Å². The topological polar surface area (TPSA) is 90.9 Å². The molecule has 1 aliphatic rings. The number of rotatable bonds is 13. The van der Waals surface area contributed by atoms with Crippen LogP contribution < -0.4 is 0 Å². The molecule has 1 rings (SSSR count). The minimum absolute atomic E-state index is 0.0391. The molecule has 1 saturated heterocycles. The average molecular weight is 567 g/mol. The Morgan fingerprint density at radius 1 is 0.865 bits per heavy atom. The van der Waals surface area contributed by atoms with Gasteiger partial charge in [-0.15, -0.1) is 0 Å². The van der Waals surface area contributed by atoms with E-state index in [1.165, 1.54) is 0 Å². The SMILES string of the molecule is CCOC(=O)[C@@H](O[Si](C)(C)C(C)(C)C)[C@@H]1O[C@H](O[Si](C)(C)C(C)(C)C)[C@H](OCOC)[C@@H](OCOC)[C@H]1C. The predicted molar refractivity (Wildman–Crippen MR) is 148 cm³/mol. The van der Waals surface area contributed by atoms with E-state index in [9.17, 15) is 4.79 Å². The molecule has 0 aromatic carbocycles. The fourth-order valence-corrected chi connectivity index (χ4v) is 5.93. The van der Waals surface area contributed by atoms with Gasteiger partial charge in [0, 0.05) is 20.1 Å². The van der Waals surface area contributed by atoms with Crippen molar-refractivity contribution < 1.29 is 42.1 Å². The van der Waals surface area contributed by atoms with Gasteiger partial charge < -0.3 is 37.3 Å². The lowest BCUT2D eigenvalue weighted by Crippen LogP contribution is -2.64. The van der Waals surface area contributed by atoms with Crippen molar-refractivity contribution in [2.45, 2.75) is 122 Å². The van der Waals surface area contributed by atoms with Gasteiger partial charge in [-0.3, -0.25) is 0 Å². The van der Waals surface area contributed by atoms with Crippen LogP contribution in [0.25, 0.3) is 0 Å². The third-order valence-electron chi connectivity index (χ3n) is 7.94. The highest BCUT2D eigenvalue weighted by atomic mass is 28.4. The lowest BCUT2D eigenvalue weighted by Gasteiger charge is -2.50. The van der Waals surface area contributed by atoms with Crippen LogP contribution in [0.15, 0.2) is 0 Å². The molecule has 9 nitrogen and oxygen atoms in total. The zero-order chi connectivity index (χ0) is 28.8. The van der Waals surface area contributed by atoms with Crippen molar-refractivity contribution in [3.8, 4) is 0 Å². The van der Waals surface area contributed by atoms with E-state index in [-0.39, 0.29) is 36.2 Å². The van der Waals surface area contributed by atoms with E-state index in [1.807, 2.05) is 6.92 Å². The van der Waals surface area contributed by atoms with E-state index < -0.39 is 53.3 Å². The van der Waals surface area contributed by atoms with Gasteiger partial charge in [-0.2, -0.15) is 0 Å². The molecule has 0 aromatic rings. The summed E-state index contributed by atoms with van der Waals surface area (Å²) in [7, 11) is -1.58. The molecule has 1 aliphatic heterocycles. The molecule has 0 N–H and O–H groups in total. The molecule has 0 radical (unpaired) electrons. The van der Waals surface area contributed by atoms with Gasteiger partial charge in [-0.1, -0.05) is 48.5 Å². The monoisotopic (exact) mass is 566 g/mol. The van der Waals surface area contributed by atoms with Crippen LogP contribution in [0.5, 0.6) is 0 Å². The molecule has 0 aromatic heterocycles. The third kappa shape index (κ3) is 9.07. The van der Waals surface area contributed by atoms with Crippen LogP contribution in [-0.2, 0) is 42.1 Å². The second-order valence-corrected chi connectivity index (χ2v) is 22.3. The Morgan fingerprint density at radius 2 is 1.35 bits per heavy atom. The molecule has 1 fully saturated rings. The lowest BCUT2D eigenvalue weighted by atomic mass is 9.87. The molecule has 0 bridgehead atoms. The van der Waals surface area contributed by atoms with Crippen LogP contribution in [0.3, 0.4) is 0 Å². The number of hydrogen-bond acceptors (Lipinski definition) is 9. The van der Waals surface area contributed by atoms with Gasteiger partial charge in [-0.25, -0.2) is 4.79 Å². The number of hydrogen-bond donors (Lipinski definition) is 0. The lowest BCUT2D eigenvalue weighted by molar-refractivity contribution is -0.308. The molecule has 0 aliphatic carbocycles. The first-order valence-corrected chi connectivity index (χ1v) is 19.0. The van der Waals surface area contributed by atoms with Crippen LogP contribution >= 0.6 is 0 Å². The fraction of sp³-hybridized carbons (Fsp3) is 0.962. The smallest absolute Gasteiger partial charge is 0.336 e. The average Bonchev–Trinajstić information content (AvgIpc) is 2.75. The Labute approximate surface area is 227 Å². The quantitative estimate of drug-likeness (QED) is 0.167. The summed E-state index contributed by atoms with van der Waals surface area (Å²) in [5.41, 5.74) is 0. The summed E-state index contributed by atoms with van der Waals surface area (Å²) in [4.78, 5) is 13.4. The number of esters is 1. The Kier molecular flexibility index (Phi) is 12.9. The molecule has 1 heterocycles. The van der Waals surface area contributed by atoms with E-state index >= 15 is 0 Å². The Hall–Kier alpha value is -0.376. The zero-order valence-electron chi connectivity index (χ0n) is 25.8. The highest BCUT2D eigenvalue weighted by Gasteiger charge is 2.55. The molecule has 6 atom stereocenters. The summed E-state index contributed by atoms with van der Waals surface area (Å²) in [6.45, 7) is 25.5. The van der Waals surface area contributed by atoms with Gasteiger partial charge in [0.25, 0.3) is 0 Å². The maximum atomic E-state index is 13.4. The zero-order valence-corrected chi connectivity index (χ0v) is 27.8. The van der Waals surface area contributed by atoms with E-state index in [4.69, 9.17) is 37.3 Å². The number of carbonyl (C=O) groups is 1. The Morgan fingerprint density at radius 3 is 1.78 bits per heavy atom. The van der Waals surface area contributed by atoms with Crippen molar-refractivity contribution in [1.29, 1.82) is 0 Å². The number of ether oxygens (including phenoxy) is 6. The molecule has 0 amide bonds. The van der Waals surface area contributed by atoms with Crippen LogP contribution in [0.4, 0.5) is 0 Å². The normalized spacial score (nSPS) is 26.7. The van der Waals surface area contributed by atoms with Gasteiger partial charge in [0.05, 0.1) is 12.7 Å². The van der Waals surface area contributed by atoms with Crippen molar-refractivity contribution in [2.75, 3.05) is 34.4 Å². The number of carbonyl (C=O) groups excluding carboxylic acids is 1. The fourth-order valence-electron chi connectivity index (χ4n) is 3.59. The van der Waals surface area contributed by atoms with Gasteiger partial charge in [0.1, 0.15) is 25.8 Å². The second-order valence-electron chi connectivity index (χ2n) is 12.8.